The van der Waals surface area contributed by atoms with E-state index in [9.17, 15) is 0 Å². The normalized spacial score (nSPS) is 10.7. The third-order valence-corrected chi connectivity index (χ3v) is 4.04. The summed E-state index contributed by atoms with van der Waals surface area (Å²) in [6.07, 6.45) is 0. The maximum atomic E-state index is 5.86. The van der Waals surface area contributed by atoms with Crippen LogP contribution in [0.2, 0.25) is 5.02 Å². The zero-order valence-corrected chi connectivity index (χ0v) is 12.5. The van der Waals surface area contributed by atoms with E-state index in [-0.39, 0.29) is 0 Å². The highest BCUT2D eigenvalue weighted by atomic mass is 35.5. The molecule has 2 heterocycles. The predicted octanol–water partition coefficient (Wildman–Crippen LogP) is 4.98. The molecule has 2 aromatic heterocycles. The summed E-state index contributed by atoms with van der Waals surface area (Å²) in [7, 11) is 0. The van der Waals surface area contributed by atoms with E-state index >= 15 is 0 Å². The molecule has 5 heteroatoms. The fraction of sp³-hybridized carbons (Fsp3) is 0.133. The number of aryl methyl sites for hydroxylation is 1. The molecule has 0 spiro atoms. The fourth-order valence-corrected chi connectivity index (χ4v) is 2.63. The molecule has 0 saturated heterocycles. The molecule has 0 aliphatic heterocycles. The Morgan fingerprint density at radius 2 is 2.05 bits per heavy atom. The second-order valence-corrected chi connectivity index (χ2v) is 5.74. The second kappa shape index (κ2) is 5.69. The lowest BCUT2D eigenvalue weighted by Crippen LogP contribution is -2.00. The van der Waals surface area contributed by atoms with E-state index in [4.69, 9.17) is 16.0 Å². The Labute approximate surface area is 126 Å². The summed E-state index contributed by atoms with van der Waals surface area (Å²) in [5, 5.41) is 6.05. The van der Waals surface area contributed by atoms with Gasteiger partial charge in [0.1, 0.15) is 11.5 Å². The fourth-order valence-electron chi connectivity index (χ4n) is 1.85. The first-order valence-corrected chi connectivity index (χ1v) is 7.48. The van der Waals surface area contributed by atoms with Crippen LogP contribution < -0.4 is 5.32 Å². The molecule has 0 aliphatic rings. The molecule has 0 fully saturated rings. The Bertz CT molecular complexity index is 689. The van der Waals surface area contributed by atoms with Gasteiger partial charge in [0, 0.05) is 10.7 Å². The maximum absolute atomic E-state index is 5.86. The van der Waals surface area contributed by atoms with Gasteiger partial charge in [0.05, 0.1) is 11.4 Å². The molecule has 0 unspecified atom stereocenters. The Balaban J connectivity index is 1.73. The maximum Gasteiger partial charge on any atom is 0.236 e. The molecule has 102 valence electrons. The minimum Gasteiger partial charge on any atom is -0.440 e. The van der Waals surface area contributed by atoms with Gasteiger partial charge in [0.15, 0.2) is 0 Å². The summed E-state index contributed by atoms with van der Waals surface area (Å²) in [6.45, 7) is 2.56. The van der Waals surface area contributed by atoms with Crippen LogP contribution in [0.25, 0.3) is 10.8 Å². The van der Waals surface area contributed by atoms with Crippen LogP contribution >= 0.6 is 22.9 Å². The van der Waals surface area contributed by atoms with E-state index in [1.54, 1.807) is 11.3 Å². The molecule has 3 nitrogen and oxygen atoms in total. The first kappa shape index (κ1) is 13.2. The van der Waals surface area contributed by atoms with Crippen LogP contribution in [0.4, 0.5) is 5.69 Å². The zero-order valence-electron chi connectivity index (χ0n) is 10.9. The summed E-state index contributed by atoms with van der Waals surface area (Å²) in [5.74, 6) is 1.53. The van der Waals surface area contributed by atoms with Gasteiger partial charge in [-0.15, -0.1) is 11.3 Å². The lowest BCUT2D eigenvalue weighted by molar-refractivity contribution is 0.541. The van der Waals surface area contributed by atoms with Crippen molar-refractivity contribution in [2.45, 2.75) is 13.5 Å². The van der Waals surface area contributed by atoms with Crippen molar-refractivity contribution in [1.82, 2.24) is 4.98 Å². The van der Waals surface area contributed by atoms with Gasteiger partial charge in [0.25, 0.3) is 0 Å². The standard InChI is InChI=1S/C15H13ClN2OS/c1-10-13(9-17-12-6-4-11(16)5-7-12)18-15(19-10)14-3-2-8-20-14/h2-8,17H,9H2,1H3. The summed E-state index contributed by atoms with van der Waals surface area (Å²) < 4.78 is 5.70. The monoisotopic (exact) mass is 304 g/mol. The third-order valence-electron chi connectivity index (χ3n) is 2.93. The Kier molecular flexibility index (Phi) is 3.76. The average Bonchev–Trinajstić information content (AvgIpc) is 3.08. The van der Waals surface area contributed by atoms with E-state index in [1.165, 1.54) is 0 Å². The van der Waals surface area contributed by atoms with Crippen LogP contribution in [-0.2, 0) is 6.54 Å². The summed E-state index contributed by atoms with van der Waals surface area (Å²) in [4.78, 5) is 5.59. The first-order valence-electron chi connectivity index (χ1n) is 6.22. The molecule has 0 radical (unpaired) electrons. The number of benzene rings is 1. The third kappa shape index (κ3) is 2.86. The molecule has 1 N–H and O–H groups in total. The van der Waals surface area contributed by atoms with Crippen molar-refractivity contribution in [2.75, 3.05) is 5.32 Å². The molecule has 0 amide bonds. The molecule has 0 aliphatic carbocycles. The summed E-state index contributed by atoms with van der Waals surface area (Å²) >= 11 is 7.48. The van der Waals surface area contributed by atoms with Crippen molar-refractivity contribution >= 4 is 28.6 Å². The van der Waals surface area contributed by atoms with Crippen molar-refractivity contribution in [3.05, 3.63) is 58.3 Å². The molecular weight excluding hydrogens is 292 g/mol. The highest BCUT2D eigenvalue weighted by Crippen LogP contribution is 2.26. The van der Waals surface area contributed by atoms with E-state index < -0.39 is 0 Å². The Hall–Kier alpha value is -1.78. The lowest BCUT2D eigenvalue weighted by atomic mass is 10.3. The summed E-state index contributed by atoms with van der Waals surface area (Å²) in [6, 6.07) is 11.6. The highest BCUT2D eigenvalue weighted by molar-refractivity contribution is 7.13. The van der Waals surface area contributed by atoms with Gasteiger partial charge in [-0.3, -0.25) is 0 Å². The lowest BCUT2D eigenvalue weighted by Gasteiger charge is -2.04. The highest BCUT2D eigenvalue weighted by Gasteiger charge is 2.11. The van der Waals surface area contributed by atoms with E-state index in [0.29, 0.717) is 12.4 Å². The minimum absolute atomic E-state index is 0.627. The predicted molar refractivity (Wildman–Crippen MR) is 83.3 cm³/mol. The Morgan fingerprint density at radius 1 is 1.25 bits per heavy atom. The van der Waals surface area contributed by atoms with Gasteiger partial charge < -0.3 is 9.73 Å². The number of rotatable bonds is 4. The molecule has 0 saturated carbocycles. The van der Waals surface area contributed by atoms with E-state index in [2.05, 4.69) is 10.3 Å². The largest absolute Gasteiger partial charge is 0.440 e. The molecule has 3 rings (SSSR count). The second-order valence-electron chi connectivity index (χ2n) is 4.36. The SMILES string of the molecule is Cc1oc(-c2cccs2)nc1CNc1ccc(Cl)cc1. The number of anilines is 1. The van der Waals surface area contributed by atoms with Gasteiger partial charge >= 0.3 is 0 Å². The van der Waals surface area contributed by atoms with Crippen molar-refractivity contribution in [1.29, 1.82) is 0 Å². The number of oxazole rings is 1. The first-order chi connectivity index (χ1) is 9.72. The Morgan fingerprint density at radius 3 is 2.75 bits per heavy atom. The van der Waals surface area contributed by atoms with E-state index in [0.717, 1.165) is 27.0 Å². The minimum atomic E-state index is 0.627. The number of halogens is 1. The van der Waals surface area contributed by atoms with Crippen LogP contribution in [0.15, 0.2) is 46.2 Å². The van der Waals surface area contributed by atoms with Crippen molar-refractivity contribution in [3.8, 4) is 10.8 Å². The number of nitrogens with zero attached hydrogens (tertiary/aromatic N) is 1. The van der Waals surface area contributed by atoms with Crippen LogP contribution in [0.3, 0.4) is 0 Å². The number of nitrogens with one attached hydrogen (secondary N) is 1. The molecular formula is C15H13ClN2OS. The van der Waals surface area contributed by atoms with Gasteiger partial charge in [-0.1, -0.05) is 17.7 Å². The number of hydrogen-bond donors (Lipinski definition) is 1. The van der Waals surface area contributed by atoms with Gasteiger partial charge in [-0.25, -0.2) is 4.98 Å². The molecule has 20 heavy (non-hydrogen) atoms. The van der Waals surface area contributed by atoms with Crippen molar-refractivity contribution < 1.29 is 4.42 Å². The van der Waals surface area contributed by atoms with Gasteiger partial charge in [-0.05, 0) is 42.6 Å². The number of hydrogen-bond acceptors (Lipinski definition) is 4. The molecule has 1 aromatic carbocycles. The zero-order chi connectivity index (χ0) is 13.9. The average molecular weight is 305 g/mol. The topological polar surface area (TPSA) is 38.1 Å². The van der Waals surface area contributed by atoms with Crippen molar-refractivity contribution in [2.24, 2.45) is 0 Å². The van der Waals surface area contributed by atoms with Gasteiger partial charge in [0.2, 0.25) is 5.89 Å². The molecule has 3 aromatic rings. The van der Waals surface area contributed by atoms with Crippen LogP contribution in [-0.4, -0.2) is 4.98 Å². The summed E-state index contributed by atoms with van der Waals surface area (Å²) in [5.41, 5.74) is 1.93. The van der Waals surface area contributed by atoms with Crippen LogP contribution in [0, 0.1) is 6.92 Å². The van der Waals surface area contributed by atoms with E-state index in [1.807, 2.05) is 48.7 Å². The van der Waals surface area contributed by atoms with Crippen LogP contribution in [0.5, 0.6) is 0 Å². The van der Waals surface area contributed by atoms with Crippen LogP contribution in [0.1, 0.15) is 11.5 Å². The molecule has 0 bridgehead atoms. The van der Waals surface area contributed by atoms with Crippen molar-refractivity contribution in [3.63, 3.8) is 0 Å². The number of aromatic nitrogens is 1. The molecule has 0 atom stereocenters. The van der Waals surface area contributed by atoms with Gasteiger partial charge in [-0.2, -0.15) is 0 Å². The number of thiophene rings is 1. The smallest absolute Gasteiger partial charge is 0.236 e. The quantitative estimate of drug-likeness (QED) is 0.739.